The number of hydrogen-bond donors (Lipinski definition) is 0. The second-order valence-electron chi connectivity index (χ2n) is 17.3. The minimum absolute atomic E-state index is 0.0372. The van der Waals surface area contributed by atoms with Crippen LogP contribution >= 0.6 is 0 Å². The molecule has 0 fully saturated rings. The Labute approximate surface area is 329 Å². The molecule has 9 rings (SSSR count). The van der Waals surface area contributed by atoms with E-state index < -0.39 is 0 Å². The van der Waals surface area contributed by atoms with Crippen molar-refractivity contribution < 1.29 is 8.83 Å². The number of hydrogen-bond acceptors (Lipinski definition) is 4. The van der Waals surface area contributed by atoms with Crippen molar-refractivity contribution in [2.24, 2.45) is 0 Å². The standard InChI is InChI=1S/C52H48N2O2/c1-33-13-11-15-39(29-33)53(37-23-19-35(20-24-37)51(3,4)5)41-27-28-43-46(31-41)55-47-32-44(50-49(48(43)47)42-17-9-10-18-45(42)56-50)54(40-16-12-14-34(2)30-40)38-25-21-36(22-26-38)52(6,7)8/h9-32H,1-8H3. The third kappa shape index (κ3) is 6.20. The minimum Gasteiger partial charge on any atom is -0.456 e. The largest absolute Gasteiger partial charge is 0.456 e. The van der Waals surface area contributed by atoms with E-state index in [0.29, 0.717) is 0 Å². The molecule has 278 valence electrons. The van der Waals surface area contributed by atoms with E-state index in [-0.39, 0.29) is 10.8 Å². The van der Waals surface area contributed by atoms with Crippen molar-refractivity contribution in [2.45, 2.75) is 66.2 Å². The quantitative estimate of drug-likeness (QED) is 0.170. The smallest absolute Gasteiger partial charge is 0.160 e. The summed E-state index contributed by atoms with van der Waals surface area (Å²) in [5, 5.41) is 4.22. The molecule has 2 aromatic heterocycles. The SMILES string of the molecule is Cc1cccc(N(c2ccc(C(C)(C)C)cc2)c2ccc3c(c2)oc2cc(N(c4ccc(C(C)(C)C)cc4)c4cccc(C)c4)c4oc5ccccc5c4c23)c1. The van der Waals surface area contributed by atoms with Crippen LogP contribution in [-0.4, -0.2) is 0 Å². The van der Waals surface area contributed by atoms with E-state index in [1.807, 2.05) is 6.07 Å². The van der Waals surface area contributed by atoms with Crippen molar-refractivity contribution >= 4 is 78.0 Å². The maximum atomic E-state index is 6.98. The first-order chi connectivity index (χ1) is 26.8. The second kappa shape index (κ2) is 13.2. The van der Waals surface area contributed by atoms with Crippen molar-refractivity contribution in [3.63, 3.8) is 0 Å². The van der Waals surface area contributed by atoms with Gasteiger partial charge in [0.2, 0.25) is 0 Å². The lowest BCUT2D eigenvalue weighted by molar-refractivity contribution is 0.590. The van der Waals surface area contributed by atoms with Gasteiger partial charge in [0, 0.05) is 62.1 Å². The van der Waals surface area contributed by atoms with E-state index in [0.717, 1.165) is 78.0 Å². The normalized spacial score (nSPS) is 12.3. The van der Waals surface area contributed by atoms with Gasteiger partial charge in [0.15, 0.2) is 5.58 Å². The Kier molecular flexibility index (Phi) is 8.35. The predicted molar refractivity (Wildman–Crippen MR) is 237 cm³/mol. The second-order valence-corrected chi connectivity index (χ2v) is 17.3. The summed E-state index contributed by atoms with van der Waals surface area (Å²) < 4.78 is 13.9. The fourth-order valence-electron chi connectivity index (χ4n) is 8.06. The summed E-state index contributed by atoms with van der Waals surface area (Å²) in [6, 6.07) is 52.4. The van der Waals surface area contributed by atoms with Gasteiger partial charge in [-0.15, -0.1) is 0 Å². The van der Waals surface area contributed by atoms with Gasteiger partial charge in [0.1, 0.15) is 16.7 Å². The lowest BCUT2D eigenvalue weighted by atomic mass is 9.87. The highest BCUT2D eigenvalue weighted by atomic mass is 16.3. The number of rotatable bonds is 6. The summed E-state index contributed by atoms with van der Waals surface area (Å²) in [5.41, 5.74) is 14.6. The van der Waals surface area contributed by atoms with Gasteiger partial charge >= 0.3 is 0 Å². The monoisotopic (exact) mass is 732 g/mol. The van der Waals surface area contributed by atoms with E-state index in [2.05, 4.69) is 205 Å². The summed E-state index contributed by atoms with van der Waals surface area (Å²) in [4.78, 5) is 4.63. The molecule has 0 spiro atoms. The highest BCUT2D eigenvalue weighted by molar-refractivity contribution is 6.28. The summed E-state index contributed by atoms with van der Waals surface area (Å²) >= 11 is 0. The van der Waals surface area contributed by atoms with Crippen LogP contribution in [0, 0.1) is 13.8 Å². The summed E-state index contributed by atoms with van der Waals surface area (Å²) in [6.45, 7) is 17.8. The van der Waals surface area contributed by atoms with Gasteiger partial charge < -0.3 is 18.6 Å². The lowest BCUT2D eigenvalue weighted by Crippen LogP contribution is -2.13. The fraction of sp³-hybridized carbons (Fsp3) is 0.192. The number of anilines is 6. The average molecular weight is 733 g/mol. The van der Waals surface area contributed by atoms with Crippen LogP contribution < -0.4 is 9.80 Å². The molecule has 0 aliphatic carbocycles. The Morgan fingerprint density at radius 1 is 0.393 bits per heavy atom. The molecule has 4 nitrogen and oxygen atoms in total. The van der Waals surface area contributed by atoms with Crippen molar-refractivity contribution in [3.05, 3.63) is 168 Å². The Morgan fingerprint density at radius 3 is 1.50 bits per heavy atom. The Balaban J connectivity index is 1.29. The van der Waals surface area contributed by atoms with E-state index in [1.54, 1.807) is 0 Å². The first-order valence-corrected chi connectivity index (χ1v) is 19.6. The summed E-state index contributed by atoms with van der Waals surface area (Å²) in [5.74, 6) is 0. The maximum absolute atomic E-state index is 6.98. The van der Waals surface area contributed by atoms with Crippen molar-refractivity contribution in [2.75, 3.05) is 9.80 Å². The highest BCUT2D eigenvalue weighted by Crippen LogP contribution is 2.49. The molecule has 0 atom stereocenters. The van der Waals surface area contributed by atoms with Crippen LogP contribution in [0.4, 0.5) is 34.1 Å². The van der Waals surface area contributed by atoms with Gasteiger partial charge in [0.25, 0.3) is 0 Å². The number of aryl methyl sites for hydroxylation is 2. The zero-order valence-corrected chi connectivity index (χ0v) is 33.6. The van der Waals surface area contributed by atoms with Crippen molar-refractivity contribution in [3.8, 4) is 0 Å². The molecule has 0 amide bonds. The molecule has 0 bridgehead atoms. The highest BCUT2D eigenvalue weighted by Gasteiger charge is 2.26. The zero-order chi connectivity index (χ0) is 38.9. The Morgan fingerprint density at radius 2 is 0.911 bits per heavy atom. The molecular weight excluding hydrogens is 685 g/mol. The number of furan rings is 2. The van der Waals surface area contributed by atoms with Gasteiger partial charge in [-0.2, -0.15) is 0 Å². The molecule has 7 aromatic carbocycles. The third-order valence-electron chi connectivity index (χ3n) is 11.0. The van der Waals surface area contributed by atoms with Gasteiger partial charge in [-0.1, -0.05) is 108 Å². The fourth-order valence-corrected chi connectivity index (χ4v) is 8.06. The molecule has 0 saturated heterocycles. The van der Waals surface area contributed by atoms with Crippen LogP contribution in [0.5, 0.6) is 0 Å². The molecule has 2 heterocycles. The van der Waals surface area contributed by atoms with E-state index in [4.69, 9.17) is 8.83 Å². The summed E-state index contributed by atoms with van der Waals surface area (Å²) in [6.07, 6.45) is 0. The van der Waals surface area contributed by atoms with Gasteiger partial charge in [-0.25, -0.2) is 0 Å². The number of para-hydroxylation sites is 1. The molecule has 56 heavy (non-hydrogen) atoms. The van der Waals surface area contributed by atoms with Gasteiger partial charge in [-0.3, -0.25) is 0 Å². The molecule has 0 unspecified atom stereocenters. The zero-order valence-electron chi connectivity index (χ0n) is 33.6. The lowest BCUT2D eigenvalue weighted by Gasteiger charge is -2.27. The minimum atomic E-state index is 0.0372. The van der Waals surface area contributed by atoms with Crippen LogP contribution in [0.15, 0.2) is 154 Å². The van der Waals surface area contributed by atoms with Crippen LogP contribution in [0.2, 0.25) is 0 Å². The van der Waals surface area contributed by atoms with Crippen LogP contribution in [0.3, 0.4) is 0 Å². The molecule has 0 N–H and O–H groups in total. The first kappa shape index (κ1) is 35.4. The molecular formula is C52H48N2O2. The van der Waals surface area contributed by atoms with Gasteiger partial charge in [0.05, 0.1) is 5.69 Å². The maximum Gasteiger partial charge on any atom is 0.160 e. The van der Waals surface area contributed by atoms with Crippen LogP contribution in [0.25, 0.3) is 43.9 Å². The van der Waals surface area contributed by atoms with Crippen molar-refractivity contribution in [1.29, 1.82) is 0 Å². The van der Waals surface area contributed by atoms with Crippen LogP contribution in [-0.2, 0) is 10.8 Å². The van der Waals surface area contributed by atoms with Crippen molar-refractivity contribution in [1.82, 2.24) is 0 Å². The molecule has 4 heteroatoms. The average Bonchev–Trinajstić information content (AvgIpc) is 3.73. The van der Waals surface area contributed by atoms with E-state index >= 15 is 0 Å². The topological polar surface area (TPSA) is 32.8 Å². The molecule has 0 aliphatic rings. The number of fused-ring (bicyclic) bond motifs is 7. The molecule has 0 aliphatic heterocycles. The van der Waals surface area contributed by atoms with E-state index in [1.165, 1.54) is 22.3 Å². The van der Waals surface area contributed by atoms with E-state index in [9.17, 15) is 0 Å². The Bertz CT molecular complexity index is 2900. The third-order valence-corrected chi connectivity index (χ3v) is 11.0. The number of benzene rings is 7. The molecule has 0 saturated carbocycles. The summed E-state index contributed by atoms with van der Waals surface area (Å²) in [7, 11) is 0. The van der Waals surface area contributed by atoms with Gasteiger partial charge in [-0.05, 0) is 114 Å². The molecule has 9 aromatic rings. The predicted octanol–water partition coefficient (Wildman–Crippen LogP) is 15.6. The van der Waals surface area contributed by atoms with Crippen LogP contribution in [0.1, 0.15) is 63.8 Å². The molecule has 0 radical (unpaired) electrons. The Hall–Kier alpha value is -6.26. The number of nitrogens with zero attached hydrogens (tertiary/aromatic N) is 2. The first-order valence-electron chi connectivity index (χ1n) is 19.6.